The zero-order valence-corrected chi connectivity index (χ0v) is 17.4. The molecule has 0 saturated heterocycles. The number of carbonyl (C=O) groups excluding carboxylic acids is 1. The van der Waals surface area contributed by atoms with Crippen LogP contribution in [-0.4, -0.2) is 30.8 Å². The number of sulfonamides is 1. The Kier molecular flexibility index (Phi) is 5.64. The number of thiazole rings is 1. The van der Waals surface area contributed by atoms with E-state index >= 15 is 0 Å². The Hall–Kier alpha value is -2.71. The lowest BCUT2D eigenvalue weighted by atomic mass is 9.99. The number of anilines is 1. The van der Waals surface area contributed by atoms with Crippen molar-refractivity contribution >= 4 is 32.4 Å². The van der Waals surface area contributed by atoms with E-state index in [0.29, 0.717) is 30.2 Å². The first-order valence-corrected chi connectivity index (χ1v) is 11.7. The molecule has 6 nitrogen and oxygen atoms in total. The first-order chi connectivity index (χ1) is 14.0. The molecule has 29 heavy (non-hydrogen) atoms. The fraction of sp³-hybridized carbons (Fsp3) is 0.238. The topological polar surface area (TPSA) is 79.4 Å². The van der Waals surface area contributed by atoms with E-state index in [-0.39, 0.29) is 10.8 Å². The predicted octanol–water partition coefficient (Wildman–Crippen LogP) is 3.46. The molecule has 8 heteroatoms. The van der Waals surface area contributed by atoms with E-state index in [2.05, 4.69) is 21.8 Å². The average molecular weight is 428 g/mol. The Labute approximate surface area is 174 Å². The number of rotatable bonds is 6. The minimum atomic E-state index is -3.65. The van der Waals surface area contributed by atoms with E-state index < -0.39 is 10.0 Å². The lowest BCUT2D eigenvalue weighted by Crippen LogP contribution is -2.36. The van der Waals surface area contributed by atoms with Gasteiger partial charge in [0.05, 0.1) is 10.6 Å². The Morgan fingerprint density at radius 2 is 1.79 bits per heavy atom. The number of benzene rings is 2. The summed E-state index contributed by atoms with van der Waals surface area (Å²) in [5, 5.41) is 2.10. The molecular weight excluding hydrogens is 406 g/mol. The molecule has 3 aromatic rings. The van der Waals surface area contributed by atoms with Crippen molar-refractivity contribution in [3.05, 3.63) is 76.8 Å². The minimum Gasteiger partial charge on any atom is -0.338 e. The number of nitrogens with zero attached hydrogens (tertiary/aromatic N) is 2. The van der Waals surface area contributed by atoms with Gasteiger partial charge in [-0.3, -0.25) is 9.52 Å². The van der Waals surface area contributed by atoms with Gasteiger partial charge in [-0.05, 0) is 36.1 Å². The summed E-state index contributed by atoms with van der Waals surface area (Å²) in [6, 6.07) is 16.4. The molecule has 0 fully saturated rings. The first-order valence-electron chi connectivity index (χ1n) is 9.38. The molecule has 1 N–H and O–H groups in total. The van der Waals surface area contributed by atoms with Crippen molar-refractivity contribution in [2.75, 3.05) is 11.3 Å². The van der Waals surface area contributed by atoms with Crippen molar-refractivity contribution in [2.45, 2.75) is 30.7 Å². The molecule has 0 spiro atoms. The second-order valence-corrected chi connectivity index (χ2v) is 9.44. The number of hydrogen-bond donors (Lipinski definition) is 1. The SMILES string of the molecule is O=C(CCc1csc(NS(=O)(=O)c2ccccc2)n1)N1CCc2ccccc2C1. The molecular formula is C21H21N3O3S2. The van der Waals surface area contributed by atoms with E-state index in [9.17, 15) is 13.2 Å². The normalized spacial score (nSPS) is 13.7. The Balaban J connectivity index is 1.33. The number of nitrogens with one attached hydrogen (secondary N) is 1. The van der Waals surface area contributed by atoms with Crippen LogP contribution in [0.2, 0.25) is 0 Å². The molecule has 1 aliphatic heterocycles. The first kappa shape index (κ1) is 19.6. The van der Waals surface area contributed by atoms with Gasteiger partial charge < -0.3 is 4.90 Å². The van der Waals surface area contributed by atoms with Crippen LogP contribution in [0.5, 0.6) is 0 Å². The highest BCUT2D eigenvalue weighted by atomic mass is 32.2. The molecule has 2 aromatic carbocycles. The smallest absolute Gasteiger partial charge is 0.263 e. The van der Waals surface area contributed by atoms with Crippen LogP contribution in [0.3, 0.4) is 0 Å². The van der Waals surface area contributed by atoms with Gasteiger partial charge in [-0.25, -0.2) is 13.4 Å². The van der Waals surface area contributed by atoms with Gasteiger partial charge in [0.25, 0.3) is 10.0 Å². The van der Waals surface area contributed by atoms with Gasteiger partial charge in [-0.1, -0.05) is 42.5 Å². The summed E-state index contributed by atoms with van der Waals surface area (Å²) < 4.78 is 27.3. The summed E-state index contributed by atoms with van der Waals surface area (Å²) in [4.78, 5) is 19.0. The van der Waals surface area contributed by atoms with E-state index in [1.54, 1.807) is 23.6 Å². The highest BCUT2D eigenvalue weighted by molar-refractivity contribution is 7.93. The number of amides is 1. The van der Waals surface area contributed by atoms with Crippen molar-refractivity contribution in [2.24, 2.45) is 0 Å². The standard InChI is InChI=1S/C21H21N3O3S2/c25-20(24-13-12-16-6-4-5-7-17(16)14-24)11-10-18-15-28-21(22-18)23-29(26,27)19-8-2-1-3-9-19/h1-9,15H,10-14H2,(H,22,23). The molecule has 1 amide bonds. The maximum absolute atomic E-state index is 12.6. The maximum atomic E-state index is 12.6. The molecule has 1 aromatic heterocycles. The third-order valence-corrected chi connectivity index (χ3v) is 7.20. The summed E-state index contributed by atoms with van der Waals surface area (Å²) >= 11 is 1.22. The van der Waals surface area contributed by atoms with Gasteiger partial charge in [0.2, 0.25) is 5.91 Å². The third kappa shape index (κ3) is 4.65. The number of hydrogen-bond acceptors (Lipinski definition) is 5. The van der Waals surface area contributed by atoms with Crippen molar-refractivity contribution in [3.63, 3.8) is 0 Å². The second-order valence-electron chi connectivity index (χ2n) is 6.90. The fourth-order valence-corrected chi connectivity index (χ4v) is 5.36. The summed E-state index contributed by atoms with van der Waals surface area (Å²) in [7, 11) is -3.65. The largest absolute Gasteiger partial charge is 0.338 e. The highest BCUT2D eigenvalue weighted by Gasteiger charge is 2.21. The molecule has 2 heterocycles. The van der Waals surface area contributed by atoms with Gasteiger partial charge in [0.15, 0.2) is 5.13 Å². The molecule has 0 atom stereocenters. The summed E-state index contributed by atoms with van der Waals surface area (Å²) in [5.41, 5.74) is 3.23. The van der Waals surface area contributed by atoms with Crippen LogP contribution in [0.1, 0.15) is 23.2 Å². The Morgan fingerprint density at radius 3 is 2.59 bits per heavy atom. The monoisotopic (exact) mass is 427 g/mol. The predicted molar refractivity (Wildman–Crippen MR) is 113 cm³/mol. The number of aromatic nitrogens is 1. The van der Waals surface area contributed by atoms with Crippen molar-refractivity contribution in [3.8, 4) is 0 Å². The van der Waals surface area contributed by atoms with E-state index in [1.807, 2.05) is 17.0 Å². The summed E-state index contributed by atoms with van der Waals surface area (Å²) in [5.74, 6) is 0.0962. The second kappa shape index (κ2) is 8.34. The van der Waals surface area contributed by atoms with Gasteiger partial charge in [0, 0.05) is 24.9 Å². The summed E-state index contributed by atoms with van der Waals surface area (Å²) in [6.45, 7) is 1.38. The van der Waals surface area contributed by atoms with Crippen molar-refractivity contribution < 1.29 is 13.2 Å². The zero-order valence-electron chi connectivity index (χ0n) is 15.7. The van der Waals surface area contributed by atoms with Crippen molar-refractivity contribution in [1.82, 2.24) is 9.88 Å². The fourth-order valence-electron chi connectivity index (χ4n) is 3.34. The van der Waals surface area contributed by atoms with Gasteiger partial charge in [-0.15, -0.1) is 11.3 Å². The minimum absolute atomic E-state index is 0.0962. The Bertz CT molecular complexity index is 1110. The zero-order chi connectivity index (χ0) is 20.3. The highest BCUT2D eigenvalue weighted by Crippen LogP contribution is 2.22. The average Bonchev–Trinajstić information content (AvgIpc) is 3.19. The van der Waals surface area contributed by atoms with Crippen LogP contribution >= 0.6 is 11.3 Å². The van der Waals surface area contributed by atoms with Crippen molar-refractivity contribution in [1.29, 1.82) is 0 Å². The lowest BCUT2D eigenvalue weighted by molar-refractivity contribution is -0.132. The van der Waals surface area contributed by atoms with E-state index in [1.165, 1.54) is 34.6 Å². The lowest BCUT2D eigenvalue weighted by Gasteiger charge is -2.28. The Morgan fingerprint density at radius 1 is 1.07 bits per heavy atom. The number of aryl methyl sites for hydroxylation is 1. The molecule has 0 bridgehead atoms. The molecule has 1 aliphatic rings. The maximum Gasteiger partial charge on any atom is 0.263 e. The van der Waals surface area contributed by atoms with Crippen LogP contribution in [-0.2, 0) is 34.2 Å². The van der Waals surface area contributed by atoms with Crippen LogP contribution in [0.4, 0.5) is 5.13 Å². The van der Waals surface area contributed by atoms with Gasteiger partial charge in [-0.2, -0.15) is 0 Å². The van der Waals surface area contributed by atoms with Gasteiger partial charge >= 0.3 is 0 Å². The van der Waals surface area contributed by atoms with Gasteiger partial charge in [0.1, 0.15) is 0 Å². The van der Waals surface area contributed by atoms with E-state index in [4.69, 9.17) is 0 Å². The number of carbonyl (C=O) groups is 1. The quantitative estimate of drug-likeness (QED) is 0.653. The van der Waals surface area contributed by atoms with Crippen LogP contribution in [0.25, 0.3) is 0 Å². The molecule has 150 valence electrons. The van der Waals surface area contributed by atoms with Crippen LogP contribution < -0.4 is 4.72 Å². The van der Waals surface area contributed by atoms with Crippen LogP contribution in [0, 0.1) is 0 Å². The van der Waals surface area contributed by atoms with Crippen LogP contribution in [0.15, 0.2) is 64.9 Å². The summed E-state index contributed by atoms with van der Waals surface area (Å²) in [6.07, 6.45) is 1.72. The van der Waals surface area contributed by atoms with E-state index in [0.717, 1.165) is 13.0 Å². The molecule has 0 aliphatic carbocycles. The third-order valence-electron chi connectivity index (χ3n) is 4.91. The molecule has 0 unspecified atom stereocenters. The molecule has 4 rings (SSSR count). The molecule has 0 saturated carbocycles. The number of fused-ring (bicyclic) bond motifs is 1. The molecule has 0 radical (unpaired) electrons.